The Labute approximate surface area is 114 Å². The van der Waals surface area contributed by atoms with Crippen molar-refractivity contribution in [2.24, 2.45) is 4.40 Å². The summed E-state index contributed by atoms with van der Waals surface area (Å²) in [6, 6.07) is 0. The number of sulfonamides is 1. The summed E-state index contributed by atoms with van der Waals surface area (Å²) in [5.41, 5.74) is 0.375. The molecule has 3 heterocycles. The Hall–Kier alpha value is -2.49. The molecule has 1 amide bonds. The van der Waals surface area contributed by atoms with Crippen LogP contribution < -0.4 is 5.32 Å². The van der Waals surface area contributed by atoms with Gasteiger partial charge in [-0.25, -0.2) is 13.5 Å². The molecule has 20 heavy (non-hydrogen) atoms. The van der Waals surface area contributed by atoms with Crippen LogP contribution >= 0.6 is 0 Å². The van der Waals surface area contributed by atoms with Crippen molar-refractivity contribution >= 4 is 27.7 Å². The van der Waals surface area contributed by atoms with Gasteiger partial charge in [-0.2, -0.15) is 10.1 Å². The summed E-state index contributed by atoms with van der Waals surface area (Å²) in [4.78, 5) is 17.4. The van der Waals surface area contributed by atoms with Gasteiger partial charge in [0, 0.05) is 12.7 Å². The third-order valence-corrected chi connectivity index (χ3v) is 3.90. The Bertz CT molecular complexity index is 731. The number of carbonyl (C=O) groups excluding carboxylic acids is 1. The van der Waals surface area contributed by atoms with E-state index in [2.05, 4.69) is 24.9 Å². The molecule has 104 valence electrons. The molecule has 0 aromatic carbocycles. The molecule has 0 saturated heterocycles. The molecule has 0 saturated carbocycles. The zero-order valence-corrected chi connectivity index (χ0v) is 11.0. The summed E-state index contributed by atoms with van der Waals surface area (Å²) in [6.07, 6.45) is 5.83. The molecular formula is C10H10N6O3S. The summed E-state index contributed by atoms with van der Waals surface area (Å²) in [5, 5.41) is 8.66. The Balaban J connectivity index is 1.80. The molecular weight excluding hydrogens is 284 g/mol. The molecule has 0 aliphatic carbocycles. The van der Waals surface area contributed by atoms with E-state index in [9.17, 15) is 13.2 Å². The second-order valence-electron chi connectivity index (χ2n) is 4.13. The summed E-state index contributed by atoms with van der Waals surface area (Å²) in [5.74, 6) is 0.112. The number of hydrogen-bond donors (Lipinski definition) is 2. The number of carbonyl (C=O) groups is 1. The van der Waals surface area contributed by atoms with E-state index in [1.807, 2.05) is 0 Å². The highest BCUT2D eigenvalue weighted by atomic mass is 32.2. The molecule has 0 radical (unpaired) electrons. The molecule has 2 aliphatic rings. The molecule has 9 nitrogen and oxygen atoms in total. The minimum atomic E-state index is -3.39. The largest absolute Gasteiger partial charge is 0.330 e. The number of amides is 1. The van der Waals surface area contributed by atoms with Crippen molar-refractivity contribution in [1.29, 1.82) is 0 Å². The van der Waals surface area contributed by atoms with Crippen LogP contribution in [0.1, 0.15) is 0 Å². The topological polar surface area (TPSA) is 120 Å². The fourth-order valence-electron chi connectivity index (χ4n) is 1.78. The van der Waals surface area contributed by atoms with Crippen LogP contribution in [0.4, 0.5) is 5.95 Å². The monoisotopic (exact) mass is 294 g/mol. The van der Waals surface area contributed by atoms with Gasteiger partial charge in [0.15, 0.2) is 0 Å². The smallest absolute Gasteiger partial charge is 0.259 e. The van der Waals surface area contributed by atoms with Gasteiger partial charge in [0.05, 0.1) is 11.3 Å². The van der Waals surface area contributed by atoms with Crippen LogP contribution in [0.5, 0.6) is 0 Å². The average molecular weight is 294 g/mol. The third kappa shape index (κ3) is 2.45. The quantitative estimate of drug-likeness (QED) is 0.739. The predicted molar refractivity (Wildman–Crippen MR) is 70.2 cm³/mol. The van der Waals surface area contributed by atoms with Gasteiger partial charge in [-0.1, -0.05) is 0 Å². The number of hydrogen-bond acceptors (Lipinski definition) is 6. The van der Waals surface area contributed by atoms with E-state index in [0.717, 1.165) is 0 Å². The van der Waals surface area contributed by atoms with Crippen LogP contribution in [0.25, 0.3) is 0 Å². The second-order valence-corrected chi connectivity index (χ2v) is 5.89. The maximum absolute atomic E-state index is 12.0. The molecule has 0 bridgehead atoms. The molecule has 0 atom stereocenters. The fraction of sp³-hybridized carbons (Fsp3) is 0.200. The van der Waals surface area contributed by atoms with Crippen LogP contribution in [0.15, 0.2) is 34.7 Å². The van der Waals surface area contributed by atoms with Gasteiger partial charge in [-0.3, -0.25) is 10.1 Å². The van der Waals surface area contributed by atoms with E-state index in [-0.39, 0.29) is 24.2 Å². The molecule has 0 unspecified atom stereocenters. The van der Waals surface area contributed by atoms with Crippen LogP contribution in [0.2, 0.25) is 0 Å². The number of fused-ring (bicyclic) bond motifs is 1. The first-order chi connectivity index (χ1) is 9.53. The molecule has 0 fully saturated rings. The van der Waals surface area contributed by atoms with Crippen LogP contribution in [0.3, 0.4) is 0 Å². The molecule has 1 aromatic heterocycles. The van der Waals surface area contributed by atoms with E-state index in [1.54, 1.807) is 11.1 Å². The van der Waals surface area contributed by atoms with Gasteiger partial charge < -0.3 is 4.90 Å². The first-order valence-corrected chi connectivity index (χ1v) is 7.30. The molecule has 10 heteroatoms. The summed E-state index contributed by atoms with van der Waals surface area (Å²) >= 11 is 0. The Kier molecular flexibility index (Phi) is 2.86. The van der Waals surface area contributed by atoms with Crippen LogP contribution in [-0.2, 0) is 14.8 Å². The van der Waals surface area contributed by atoms with Gasteiger partial charge >= 0.3 is 0 Å². The van der Waals surface area contributed by atoms with Crippen molar-refractivity contribution in [3.8, 4) is 0 Å². The number of nitrogens with one attached hydrogen (secondary N) is 2. The van der Waals surface area contributed by atoms with Crippen molar-refractivity contribution in [1.82, 2.24) is 20.1 Å². The number of amidine groups is 1. The number of aromatic amines is 1. The maximum Gasteiger partial charge on any atom is 0.259 e. The van der Waals surface area contributed by atoms with Crippen molar-refractivity contribution in [3.63, 3.8) is 0 Å². The molecule has 2 aliphatic heterocycles. The predicted octanol–water partition coefficient (Wildman–Crippen LogP) is -0.759. The lowest BCUT2D eigenvalue weighted by molar-refractivity contribution is -0.112. The average Bonchev–Trinajstić information content (AvgIpc) is 2.90. The Morgan fingerprint density at radius 3 is 3.00 bits per heavy atom. The van der Waals surface area contributed by atoms with E-state index in [0.29, 0.717) is 11.4 Å². The highest BCUT2D eigenvalue weighted by Gasteiger charge is 2.25. The fourth-order valence-corrected chi connectivity index (χ4v) is 2.75. The summed E-state index contributed by atoms with van der Waals surface area (Å²) in [6.45, 7) is 0.268. The van der Waals surface area contributed by atoms with Gasteiger partial charge in [0.25, 0.3) is 15.9 Å². The SMILES string of the molecule is O=C(Nc1ncn[nH]1)C1=CN2CCS(=O)(=O)N=C2C=C1. The number of aromatic nitrogens is 3. The zero-order chi connectivity index (χ0) is 14.2. The second kappa shape index (κ2) is 4.56. The number of H-pyrrole nitrogens is 1. The molecule has 3 rings (SSSR count). The Morgan fingerprint density at radius 2 is 2.25 bits per heavy atom. The minimum absolute atomic E-state index is 0.0716. The zero-order valence-electron chi connectivity index (χ0n) is 10.1. The van der Waals surface area contributed by atoms with E-state index < -0.39 is 10.0 Å². The molecule has 2 N–H and O–H groups in total. The molecule has 1 aromatic rings. The van der Waals surface area contributed by atoms with Crippen LogP contribution in [-0.4, -0.2) is 52.5 Å². The maximum atomic E-state index is 12.0. The van der Waals surface area contributed by atoms with E-state index >= 15 is 0 Å². The Morgan fingerprint density at radius 1 is 1.40 bits per heavy atom. The number of nitrogens with zero attached hydrogens (tertiary/aromatic N) is 4. The lowest BCUT2D eigenvalue weighted by Crippen LogP contribution is -2.37. The summed E-state index contributed by atoms with van der Waals surface area (Å²) < 4.78 is 26.4. The van der Waals surface area contributed by atoms with Crippen LogP contribution in [0, 0.1) is 0 Å². The number of rotatable bonds is 2. The summed E-state index contributed by atoms with van der Waals surface area (Å²) in [7, 11) is -3.39. The van der Waals surface area contributed by atoms with Gasteiger partial charge in [0.2, 0.25) is 5.95 Å². The van der Waals surface area contributed by atoms with Crippen molar-refractivity contribution in [2.45, 2.75) is 0 Å². The lowest BCUT2D eigenvalue weighted by atomic mass is 10.2. The number of anilines is 1. The van der Waals surface area contributed by atoms with Gasteiger partial charge in [-0.05, 0) is 12.2 Å². The molecule has 0 spiro atoms. The lowest BCUT2D eigenvalue weighted by Gasteiger charge is -2.26. The van der Waals surface area contributed by atoms with Gasteiger partial charge in [0.1, 0.15) is 12.2 Å². The first kappa shape index (κ1) is 12.5. The standard InChI is InChI=1S/C10H10N6O3S/c17-9(13-10-11-6-12-14-10)7-1-2-8-15-20(18,19)4-3-16(8)5-7/h1-2,5-6H,3-4H2,(H2,11,12,13,14,17). The minimum Gasteiger partial charge on any atom is -0.330 e. The van der Waals surface area contributed by atoms with E-state index in [4.69, 9.17) is 0 Å². The first-order valence-electron chi connectivity index (χ1n) is 5.69. The van der Waals surface area contributed by atoms with Gasteiger partial charge in [-0.15, -0.1) is 4.40 Å². The van der Waals surface area contributed by atoms with Crippen molar-refractivity contribution < 1.29 is 13.2 Å². The van der Waals surface area contributed by atoms with Crippen molar-refractivity contribution in [3.05, 3.63) is 30.3 Å². The van der Waals surface area contributed by atoms with E-state index in [1.165, 1.54) is 18.5 Å². The van der Waals surface area contributed by atoms with Crippen molar-refractivity contribution in [2.75, 3.05) is 17.6 Å². The normalized spacial score (nSPS) is 19.9. The third-order valence-electron chi connectivity index (χ3n) is 2.73. The highest BCUT2D eigenvalue weighted by molar-refractivity contribution is 7.90. The highest BCUT2D eigenvalue weighted by Crippen LogP contribution is 2.16.